The van der Waals surface area contributed by atoms with Gasteiger partial charge >= 0.3 is 11.9 Å². The summed E-state index contributed by atoms with van der Waals surface area (Å²) in [5.74, 6) is -7.94. The summed E-state index contributed by atoms with van der Waals surface area (Å²) in [5, 5.41) is 8.08. The first-order valence-electron chi connectivity index (χ1n) is 3.17. The molecule has 1 heterocycles. The van der Waals surface area contributed by atoms with E-state index in [0.29, 0.717) is 12.3 Å². The monoisotopic (exact) mass is 191 g/mol. The van der Waals surface area contributed by atoms with Crippen molar-refractivity contribution in [2.45, 2.75) is 5.92 Å². The summed E-state index contributed by atoms with van der Waals surface area (Å²) in [5.41, 5.74) is -1.19. The predicted octanol–water partition coefficient (Wildman–Crippen LogP) is 1.40. The van der Waals surface area contributed by atoms with Crippen LogP contribution in [0.2, 0.25) is 0 Å². The van der Waals surface area contributed by atoms with Crippen molar-refractivity contribution in [1.82, 2.24) is 4.98 Å². The molecule has 0 fully saturated rings. The number of hydrogen-bond donors (Lipinski definition) is 1. The Balaban J connectivity index is 3.22. The molecule has 0 aliphatic rings. The zero-order valence-corrected chi connectivity index (χ0v) is 6.17. The lowest BCUT2D eigenvalue weighted by atomic mass is 10.1. The van der Waals surface area contributed by atoms with Gasteiger partial charge in [-0.05, 0) is 6.07 Å². The molecule has 13 heavy (non-hydrogen) atoms. The number of aromatic nitrogens is 1. The Morgan fingerprint density at radius 3 is 2.62 bits per heavy atom. The molecule has 70 valence electrons. The molecule has 0 spiro atoms. The number of nitrogens with zero attached hydrogens (tertiary/aromatic N) is 1. The van der Waals surface area contributed by atoms with Crippen LogP contribution in [-0.2, 0) is 10.7 Å². The van der Waals surface area contributed by atoms with Gasteiger partial charge in [-0.15, -0.1) is 0 Å². The van der Waals surface area contributed by atoms with Crippen LogP contribution in [0.5, 0.6) is 0 Å². The van der Waals surface area contributed by atoms with Crippen molar-refractivity contribution in [1.29, 1.82) is 0 Å². The van der Waals surface area contributed by atoms with Gasteiger partial charge in [-0.2, -0.15) is 8.78 Å². The molecule has 0 atom stereocenters. The summed E-state index contributed by atoms with van der Waals surface area (Å²) in [6.45, 7) is 0. The summed E-state index contributed by atoms with van der Waals surface area (Å²) in [7, 11) is 0. The third-order valence-electron chi connectivity index (χ3n) is 1.38. The number of hydrogen-bond acceptors (Lipinski definition) is 2. The van der Waals surface area contributed by atoms with Crippen LogP contribution in [0.15, 0.2) is 18.5 Å². The number of pyridine rings is 1. The Morgan fingerprint density at radius 1 is 1.54 bits per heavy atom. The molecule has 3 nitrogen and oxygen atoms in total. The van der Waals surface area contributed by atoms with Gasteiger partial charge in [-0.3, -0.25) is 4.98 Å². The molecule has 0 aromatic carbocycles. The summed E-state index contributed by atoms with van der Waals surface area (Å²) in [6, 6.07) is 0.628. The maximum atomic E-state index is 12.7. The van der Waals surface area contributed by atoms with Crippen molar-refractivity contribution in [3.05, 3.63) is 29.8 Å². The van der Waals surface area contributed by atoms with E-state index in [9.17, 15) is 18.0 Å². The molecule has 1 N–H and O–H groups in total. The SMILES string of the molecule is O=C(O)C(F)(F)c1ccncc1F. The van der Waals surface area contributed by atoms with Crippen molar-refractivity contribution < 1.29 is 23.1 Å². The highest BCUT2D eigenvalue weighted by molar-refractivity contribution is 5.77. The second kappa shape index (κ2) is 3.04. The first kappa shape index (κ1) is 9.50. The zero-order valence-electron chi connectivity index (χ0n) is 6.17. The third-order valence-corrected chi connectivity index (χ3v) is 1.38. The molecule has 0 saturated heterocycles. The van der Waals surface area contributed by atoms with Crippen molar-refractivity contribution >= 4 is 5.97 Å². The average Bonchev–Trinajstić information content (AvgIpc) is 2.04. The third kappa shape index (κ3) is 1.61. The van der Waals surface area contributed by atoms with E-state index in [1.165, 1.54) is 0 Å². The van der Waals surface area contributed by atoms with Gasteiger partial charge in [0.15, 0.2) is 5.82 Å². The van der Waals surface area contributed by atoms with Gasteiger partial charge in [0.25, 0.3) is 0 Å². The standard InChI is InChI=1S/C7H4F3NO2/c8-5-3-11-2-1-4(5)7(9,10)6(12)13/h1-3H,(H,12,13). The molecular weight excluding hydrogens is 187 g/mol. The fourth-order valence-electron chi connectivity index (χ4n) is 0.745. The van der Waals surface area contributed by atoms with Gasteiger partial charge in [0.2, 0.25) is 0 Å². The van der Waals surface area contributed by atoms with Gasteiger partial charge in [0, 0.05) is 6.20 Å². The van der Waals surface area contributed by atoms with Crippen molar-refractivity contribution in [2.75, 3.05) is 0 Å². The molecule has 1 aromatic heterocycles. The van der Waals surface area contributed by atoms with Crippen LogP contribution in [0.3, 0.4) is 0 Å². The minimum atomic E-state index is -4.22. The largest absolute Gasteiger partial charge is 0.477 e. The Morgan fingerprint density at radius 2 is 2.15 bits per heavy atom. The molecule has 1 rings (SSSR count). The van der Waals surface area contributed by atoms with Crippen LogP contribution in [-0.4, -0.2) is 16.1 Å². The number of rotatable bonds is 2. The average molecular weight is 191 g/mol. The van der Waals surface area contributed by atoms with E-state index in [4.69, 9.17) is 5.11 Å². The zero-order chi connectivity index (χ0) is 10.1. The molecule has 0 amide bonds. The van der Waals surface area contributed by atoms with Crippen LogP contribution in [0.25, 0.3) is 0 Å². The first-order chi connectivity index (χ1) is 5.96. The topological polar surface area (TPSA) is 50.2 Å². The van der Waals surface area contributed by atoms with Gasteiger partial charge < -0.3 is 5.11 Å². The molecule has 0 saturated carbocycles. The van der Waals surface area contributed by atoms with E-state index in [-0.39, 0.29) is 0 Å². The van der Waals surface area contributed by atoms with Crippen LogP contribution in [0, 0.1) is 5.82 Å². The van der Waals surface area contributed by atoms with Gasteiger partial charge in [0.1, 0.15) is 0 Å². The van der Waals surface area contributed by atoms with Crippen LogP contribution < -0.4 is 0 Å². The summed E-state index contributed by atoms with van der Waals surface area (Å²) in [4.78, 5) is 13.3. The highest BCUT2D eigenvalue weighted by Crippen LogP contribution is 2.29. The lowest BCUT2D eigenvalue weighted by molar-refractivity contribution is -0.166. The molecule has 0 aliphatic carbocycles. The molecule has 0 aliphatic heterocycles. The summed E-state index contributed by atoms with van der Waals surface area (Å²) >= 11 is 0. The first-order valence-corrected chi connectivity index (χ1v) is 3.17. The second-order valence-corrected chi connectivity index (χ2v) is 2.24. The minimum Gasteiger partial charge on any atom is -0.477 e. The van der Waals surface area contributed by atoms with Gasteiger partial charge in [0.05, 0.1) is 11.8 Å². The van der Waals surface area contributed by atoms with E-state index in [1.54, 1.807) is 0 Å². The van der Waals surface area contributed by atoms with E-state index in [0.717, 1.165) is 6.20 Å². The highest BCUT2D eigenvalue weighted by Gasteiger charge is 2.43. The van der Waals surface area contributed by atoms with Gasteiger partial charge in [-0.1, -0.05) is 0 Å². The maximum absolute atomic E-state index is 12.7. The van der Waals surface area contributed by atoms with Crippen molar-refractivity contribution in [3.63, 3.8) is 0 Å². The number of aliphatic carboxylic acids is 1. The number of alkyl halides is 2. The molecule has 0 radical (unpaired) electrons. The molecule has 0 unspecified atom stereocenters. The molecule has 0 bridgehead atoms. The van der Waals surface area contributed by atoms with E-state index in [1.807, 2.05) is 0 Å². The van der Waals surface area contributed by atoms with Crippen LogP contribution in [0.1, 0.15) is 5.56 Å². The fraction of sp³-hybridized carbons (Fsp3) is 0.143. The van der Waals surface area contributed by atoms with Crippen molar-refractivity contribution in [2.24, 2.45) is 0 Å². The number of carboxylic acids is 1. The molecular formula is C7H4F3NO2. The Labute approximate surface area is 70.8 Å². The Kier molecular flexibility index (Phi) is 2.22. The lowest BCUT2D eigenvalue weighted by Crippen LogP contribution is -2.26. The smallest absolute Gasteiger partial charge is 0.379 e. The van der Waals surface area contributed by atoms with Crippen LogP contribution >= 0.6 is 0 Å². The van der Waals surface area contributed by atoms with Crippen LogP contribution in [0.4, 0.5) is 13.2 Å². The lowest BCUT2D eigenvalue weighted by Gasteiger charge is -2.10. The fourth-order valence-corrected chi connectivity index (χ4v) is 0.745. The molecule has 6 heteroatoms. The van der Waals surface area contributed by atoms with E-state index >= 15 is 0 Å². The van der Waals surface area contributed by atoms with E-state index in [2.05, 4.69) is 4.98 Å². The Hall–Kier alpha value is -1.59. The van der Waals surface area contributed by atoms with Gasteiger partial charge in [-0.25, -0.2) is 9.18 Å². The van der Waals surface area contributed by atoms with E-state index < -0.39 is 23.3 Å². The molecule has 1 aromatic rings. The number of carbonyl (C=O) groups is 1. The minimum absolute atomic E-state index is 0.534. The van der Waals surface area contributed by atoms with Crippen molar-refractivity contribution in [3.8, 4) is 0 Å². The quantitative estimate of drug-likeness (QED) is 0.768. The number of carboxylic acid groups (broad SMARTS) is 1. The Bertz CT molecular complexity index is 340. The predicted molar refractivity (Wildman–Crippen MR) is 35.7 cm³/mol. The maximum Gasteiger partial charge on any atom is 0.379 e. The summed E-state index contributed by atoms with van der Waals surface area (Å²) in [6.07, 6.45) is 1.43. The highest BCUT2D eigenvalue weighted by atomic mass is 19.3. The number of halogens is 3. The normalized spacial score (nSPS) is 11.3. The second-order valence-electron chi connectivity index (χ2n) is 2.24. The summed E-state index contributed by atoms with van der Waals surface area (Å²) < 4.78 is 38.0.